The third kappa shape index (κ3) is 2.39. The molecule has 3 N–H and O–H groups in total. The molecule has 3 aromatic rings. The lowest BCUT2D eigenvalue weighted by molar-refractivity contribution is 0.102. The molecule has 0 spiro atoms. The van der Waals surface area contributed by atoms with Gasteiger partial charge in [0.1, 0.15) is 11.5 Å². The zero-order valence-corrected chi connectivity index (χ0v) is 10.4. The Kier molecular flexibility index (Phi) is 2.96. The first kappa shape index (κ1) is 12.0. The van der Waals surface area contributed by atoms with Crippen LogP contribution in [-0.4, -0.2) is 20.9 Å². The highest BCUT2D eigenvalue weighted by Gasteiger charge is 2.08. The van der Waals surface area contributed by atoms with E-state index in [2.05, 4.69) is 20.3 Å². The van der Waals surface area contributed by atoms with Crippen molar-refractivity contribution in [2.45, 2.75) is 0 Å². The number of pyridine rings is 1. The Morgan fingerprint density at radius 2 is 2.10 bits per heavy atom. The second-order valence-corrected chi connectivity index (χ2v) is 4.19. The summed E-state index contributed by atoms with van der Waals surface area (Å²) in [4.78, 5) is 24.0. The molecule has 0 saturated heterocycles. The highest BCUT2D eigenvalue weighted by atomic mass is 16.1. The number of carbonyl (C=O) groups excluding carboxylic acids is 1. The number of nitrogens with two attached hydrogens (primary N) is 1. The molecule has 6 nitrogen and oxygen atoms in total. The lowest BCUT2D eigenvalue weighted by atomic mass is 10.2. The van der Waals surface area contributed by atoms with Gasteiger partial charge in [-0.15, -0.1) is 0 Å². The molecule has 0 aliphatic heterocycles. The average Bonchev–Trinajstić information content (AvgIpc) is 2.47. The summed E-state index contributed by atoms with van der Waals surface area (Å²) in [6.45, 7) is 0. The van der Waals surface area contributed by atoms with E-state index in [-0.39, 0.29) is 17.4 Å². The molecule has 1 amide bonds. The van der Waals surface area contributed by atoms with Gasteiger partial charge in [0.25, 0.3) is 5.91 Å². The number of fused-ring (bicyclic) bond motifs is 1. The normalized spacial score (nSPS) is 10.4. The van der Waals surface area contributed by atoms with E-state index in [0.29, 0.717) is 5.69 Å². The van der Waals surface area contributed by atoms with E-state index in [4.69, 9.17) is 5.73 Å². The van der Waals surface area contributed by atoms with E-state index in [1.807, 2.05) is 24.3 Å². The van der Waals surface area contributed by atoms with Crippen molar-refractivity contribution in [1.29, 1.82) is 0 Å². The summed E-state index contributed by atoms with van der Waals surface area (Å²) in [5, 5.41) is 3.70. The minimum absolute atomic E-state index is 0.177. The molecule has 0 fully saturated rings. The Labute approximate surface area is 114 Å². The van der Waals surface area contributed by atoms with Crippen molar-refractivity contribution in [3.63, 3.8) is 0 Å². The van der Waals surface area contributed by atoms with Crippen LogP contribution in [0.5, 0.6) is 0 Å². The molecule has 0 aliphatic carbocycles. The molecule has 0 atom stereocenters. The smallest absolute Gasteiger partial charge is 0.275 e. The Bertz CT molecular complexity index is 787. The molecule has 0 saturated carbocycles. The second-order valence-electron chi connectivity index (χ2n) is 4.19. The minimum Gasteiger partial charge on any atom is -0.382 e. The summed E-state index contributed by atoms with van der Waals surface area (Å²) < 4.78 is 0. The van der Waals surface area contributed by atoms with Gasteiger partial charge in [-0.05, 0) is 24.3 Å². The lowest BCUT2D eigenvalue weighted by Crippen LogP contribution is -2.14. The van der Waals surface area contributed by atoms with Crippen molar-refractivity contribution < 1.29 is 4.79 Å². The first-order valence-electron chi connectivity index (χ1n) is 5.96. The lowest BCUT2D eigenvalue weighted by Gasteiger charge is -2.06. The largest absolute Gasteiger partial charge is 0.382 e. The van der Waals surface area contributed by atoms with E-state index >= 15 is 0 Å². The van der Waals surface area contributed by atoms with Crippen LogP contribution in [0.2, 0.25) is 0 Å². The van der Waals surface area contributed by atoms with Crippen molar-refractivity contribution in [1.82, 2.24) is 15.0 Å². The molecule has 2 heterocycles. The third-order valence-electron chi connectivity index (χ3n) is 2.75. The number of nitrogens with one attached hydrogen (secondary N) is 1. The van der Waals surface area contributed by atoms with Crippen LogP contribution < -0.4 is 11.1 Å². The van der Waals surface area contributed by atoms with E-state index in [1.54, 1.807) is 12.3 Å². The zero-order chi connectivity index (χ0) is 13.9. The van der Waals surface area contributed by atoms with Gasteiger partial charge < -0.3 is 11.1 Å². The number of carbonyl (C=O) groups is 1. The number of benzene rings is 1. The molecule has 0 bridgehead atoms. The number of nitrogen functional groups attached to an aromatic ring is 1. The van der Waals surface area contributed by atoms with E-state index < -0.39 is 0 Å². The van der Waals surface area contributed by atoms with Gasteiger partial charge in [0.05, 0.1) is 17.9 Å². The van der Waals surface area contributed by atoms with Crippen molar-refractivity contribution in [3.05, 3.63) is 54.6 Å². The number of amides is 1. The Balaban J connectivity index is 1.87. The quantitative estimate of drug-likeness (QED) is 0.737. The minimum atomic E-state index is -0.354. The monoisotopic (exact) mass is 265 g/mol. The molecule has 20 heavy (non-hydrogen) atoms. The summed E-state index contributed by atoms with van der Waals surface area (Å²) >= 11 is 0. The van der Waals surface area contributed by atoms with Crippen LogP contribution in [0.1, 0.15) is 10.5 Å². The van der Waals surface area contributed by atoms with Gasteiger partial charge in [0.2, 0.25) is 0 Å². The molecular weight excluding hydrogens is 254 g/mol. The van der Waals surface area contributed by atoms with Crippen molar-refractivity contribution in [2.75, 3.05) is 11.1 Å². The van der Waals surface area contributed by atoms with E-state index in [9.17, 15) is 4.79 Å². The maximum Gasteiger partial charge on any atom is 0.275 e. The molecule has 3 rings (SSSR count). The predicted molar refractivity (Wildman–Crippen MR) is 76.1 cm³/mol. The molecule has 0 radical (unpaired) electrons. The maximum absolute atomic E-state index is 12.0. The molecule has 1 aromatic carbocycles. The summed E-state index contributed by atoms with van der Waals surface area (Å²) in [6.07, 6.45) is 4.48. The topological polar surface area (TPSA) is 93.8 Å². The molecule has 0 unspecified atom stereocenters. The number of hydrogen-bond acceptors (Lipinski definition) is 5. The fourth-order valence-electron chi connectivity index (χ4n) is 1.84. The highest BCUT2D eigenvalue weighted by molar-refractivity contribution is 6.03. The summed E-state index contributed by atoms with van der Waals surface area (Å²) in [5.74, 6) is -0.145. The SMILES string of the molecule is Nc1cncc(C(=O)Nc2ccc3ncccc3c2)n1. The van der Waals surface area contributed by atoms with E-state index in [1.165, 1.54) is 12.4 Å². The Morgan fingerprint density at radius 1 is 1.20 bits per heavy atom. The second kappa shape index (κ2) is 4.93. The van der Waals surface area contributed by atoms with Gasteiger partial charge >= 0.3 is 0 Å². The van der Waals surface area contributed by atoms with Gasteiger partial charge in [-0.25, -0.2) is 4.98 Å². The zero-order valence-electron chi connectivity index (χ0n) is 10.4. The molecule has 6 heteroatoms. The first-order chi connectivity index (χ1) is 9.72. The van der Waals surface area contributed by atoms with Crippen LogP contribution >= 0.6 is 0 Å². The fraction of sp³-hybridized carbons (Fsp3) is 0. The van der Waals surface area contributed by atoms with E-state index in [0.717, 1.165) is 10.9 Å². The fourth-order valence-corrected chi connectivity index (χ4v) is 1.84. The van der Waals surface area contributed by atoms with Gasteiger partial charge in [-0.1, -0.05) is 6.07 Å². The predicted octanol–water partition coefficient (Wildman–Crippen LogP) is 1.86. The third-order valence-corrected chi connectivity index (χ3v) is 2.75. The molecule has 2 aromatic heterocycles. The number of rotatable bonds is 2. The molecular formula is C14H11N5O. The van der Waals surface area contributed by atoms with Gasteiger partial charge in [-0.2, -0.15) is 0 Å². The summed E-state index contributed by atoms with van der Waals surface area (Å²) in [7, 11) is 0. The van der Waals surface area contributed by atoms with Gasteiger partial charge in [0, 0.05) is 17.3 Å². The first-order valence-corrected chi connectivity index (χ1v) is 5.96. The summed E-state index contributed by atoms with van der Waals surface area (Å²) in [6, 6.07) is 9.25. The highest BCUT2D eigenvalue weighted by Crippen LogP contribution is 2.17. The standard InChI is InChI=1S/C14H11N5O/c15-13-8-16-7-12(19-13)14(20)18-10-3-4-11-9(6-10)2-1-5-17-11/h1-8H,(H2,15,19)(H,18,20). The maximum atomic E-state index is 12.0. The number of aromatic nitrogens is 3. The van der Waals surface area contributed by atoms with Crippen LogP contribution in [0.15, 0.2) is 48.9 Å². The van der Waals surface area contributed by atoms with Crippen LogP contribution in [0.4, 0.5) is 11.5 Å². The van der Waals surface area contributed by atoms with Crippen LogP contribution in [0, 0.1) is 0 Å². The van der Waals surface area contributed by atoms with Crippen molar-refractivity contribution >= 4 is 28.3 Å². The van der Waals surface area contributed by atoms with Crippen LogP contribution in [-0.2, 0) is 0 Å². The summed E-state index contributed by atoms with van der Waals surface area (Å²) in [5.41, 5.74) is 7.22. The number of hydrogen-bond donors (Lipinski definition) is 2. The van der Waals surface area contributed by atoms with Crippen LogP contribution in [0.3, 0.4) is 0 Å². The van der Waals surface area contributed by atoms with Crippen molar-refractivity contribution in [2.24, 2.45) is 0 Å². The average molecular weight is 265 g/mol. The van der Waals surface area contributed by atoms with Crippen molar-refractivity contribution in [3.8, 4) is 0 Å². The Hall–Kier alpha value is -3.02. The Morgan fingerprint density at radius 3 is 2.95 bits per heavy atom. The van der Waals surface area contributed by atoms with Crippen LogP contribution in [0.25, 0.3) is 10.9 Å². The van der Waals surface area contributed by atoms with Gasteiger partial charge in [0.15, 0.2) is 0 Å². The molecule has 98 valence electrons. The number of anilines is 2. The molecule has 0 aliphatic rings. The van der Waals surface area contributed by atoms with Gasteiger partial charge in [-0.3, -0.25) is 14.8 Å². The number of nitrogens with zero attached hydrogens (tertiary/aromatic N) is 3.